The van der Waals surface area contributed by atoms with Gasteiger partial charge in [0, 0.05) is 30.1 Å². The molecule has 132 valence electrons. The molecule has 0 unspecified atom stereocenters. The van der Waals surface area contributed by atoms with Gasteiger partial charge in [-0.15, -0.1) is 0 Å². The van der Waals surface area contributed by atoms with Crippen LogP contribution < -0.4 is 5.43 Å². The number of carbonyl (C=O) groups is 2. The molecule has 1 saturated heterocycles. The van der Waals surface area contributed by atoms with Gasteiger partial charge in [-0.2, -0.15) is 5.10 Å². The van der Waals surface area contributed by atoms with Crippen LogP contribution in [0.4, 0.5) is 0 Å². The third kappa shape index (κ3) is 3.52. The van der Waals surface area contributed by atoms with Gasteiger partial charge in [-0.05, 0) is 12.8 Å². The van der Waals surface area contributed by atoms with Crippen molar-refractivity contribution in [3.05, 3.63) is 71.8 Å². The average Bonchev–Trinajstić information content (AvgIpc) is 3.45. The van der Waals surface area contributed by atoms with E-state index in [0.29, 0.717) is 18.3 Å². The van der Waals surface area contributed by atoms with E-state index < -0.39 is 0 Å². The molecule has 1 saturated carbocycles. The Bertz CT molecular complexity index is 787. The highest BCUT2D eigenvalue weighted by atomic mass is 16.2. The van der Waals surface area contributed by atoms with Crippen LogP contribution in [0, 0.1) is 5.92 Å². The predicted molar refractivity (Wildman–Crippen MR) is 99.5 cm³/mol. The Morgan fingerprint density at radius 3 is 2.08 bits per heavy atom. The van der Waals surface area contributed by atoms with Crippen molar-refractivity contribution in [3.8, 4) is 0 Å². The SMILES string of the molecule is O=C(NN=C(c1ccccc1)c1ccccc1)[C@@H]1CC(=O)N(C2CC2)C1. The maximum absolute atomic E-state index is 12.5. The molecule has 1 aliphatic carbocycles. The van der Waals surface area contributed by atoms with Gasteiger partial charge in [0.1, 0.15) is 0 Å². The molecule has 26 heavy (non-hydrogen) atoms. The molecule has 2 aromatic carbocycles. The number of amides is 2. The van der Waals surface area contributed by atoms with Crippen molar-refractivity contribution < 1.29 is 9.59 Å². The molecule has 2 amide bonds. The lowest BCUT2D eigenvalue weighted by Crippen LogP contribution is -2.32. The number of nitrogens with zero attached hydrogens (tertiary/aromatic N) is 2. The molecule has 1 aliphatic heterocycles. The summed E-state index contributed by atoms with van der Waals surface area (Å²) in [4.78, 5) is 26.5. The zero-order valence-electron chi connectivity index (χ0n) is 14.5. The highest BCUT2D eigenvalue weighted by Crippen LogP contribution is 2.32. The quantitative estimate of drug-likeness (QED) is 0.667. The van der Waals surface area contributed by atoms with Crippen molar-refractivity contribution in [2.24, 2.45) is 11.0 Å². The summed E-state index contributed by atoms with van der Waals surface area (Å²) >= 11 is 0. The Kier molecular flexibility index (Phi) is 4.52. The van der Waals surface area contributed by atoms with E-state index in [0.717, 1.165) is 24.0 Å². The third-order valence-corrected chi connectivity index (χ3v) is 4.89. The number of rotatable bonds is 5. The number of nitrogens with one attached hydrogen (secondary N) is 1. The number of hydrazone groups is 1. The molecule has 5 heteroatoms. The van der Waals surface area contributed by atoms with Crippen molar-refractivity contribution >= 4 is 17.5 Å². The van der Waals surface area contributed by atoms with Crippen molar-refractivity contribution in [1.29, 1.82) is 0 Å². The minimum atomic E-state index is -0.320. The minimum Gasteiger partial charge on any atom is -0.339 e. The fraction of sp³-hybridized carbons (Fsp3) is 0.286. The molecule has 2 aliphatic rings. The van der Waals surface area contributed by atoms with Crippen molar-refractivity contribution in [3.63, 3.8) is 0 Å². The summed E-state index contributed by atoms with van der Waals surface area (Å²) in [7, 11) is 0. The predicted octanol–water partition coefficient (Wildman–Crippen LogP) is 2.57. The van der Waals surface area contributed by atoms with Crippen LogP contribution >= 0.6 is 0 Å². The molecule has 0 aromatic heterocycles. The number of benzene rings is 2. The number of hydrogen-bond donors (Lipinski definition) is 1. The Hall–Kier alpha value is -2.95. The smallest absolute Gasteiger partial charge is 0.245 e. The highest BCUT2D eigenvalue weighted by Gasteiger charge is 2.41. The van der Waals surface area contributed by atoms with Crippen molar-refractivity contribution in [2.75, 3.05) is 6.54 Å². The number of likely N-dealkylation sites (tertiary alicyclic amines) is 1. The first kappa shape index (κ1) is 16.5. The van der Waals surface area contributed by atoms with Crippen molar-refractivity contribution in [1.82, 2.24) is 10.3 Å². The summed E-state index contributed by atoms with van der Waals surface area (Å²) in [6.45, 7) is 0.511. The van der Waals surface area contributed by atoms with Gasteiger partial charge in [-0.1, -0.05) is 60.7 Å². The molecule has 1 N–H and O–H groups in total. The van der Waals surface area contributed by atoms with Crippen LogP contribution in [0.2, 0.25) is 0 Å². The molecule has 0 radical (unpaired) electrons. The lowest BCUT2D eigenvalue weighted by atomic mass is 10.0. The summed E-state index contributed by atoms with van der Waals surface area (Å²) in [6.07, 6.45) is 2.40. The zero-order valence-corrected chi connectivity index (χ0v) is 14.5. The van der Waals surface area contributed by atoms with E-state index in [1.165, 1.54) is 0 Å². The standard InChI is InChI=1S/C21H21N3O2/c25-19-13-17(14-24(19)18-11-12-18)21(26)23-22-20(15-7-3-1-4-8-15)16-9-5-2-6-10-16/h1-10,17-18H,11-14H2,(H,23,26)/t17-/m1/s1. The fourth-order valence-corrected chi connectivity index (χ4v) is 3.34. The molecule has 2 fully saturated rings. The van der Waals surface area contributed by atoms with Crippen LogP contribution in [0.3, 0.4) is 0 Å². The van der Waals surface area contributed by atoms with E-state index >= 15 is 0 Å². The lowest BCUT2D eigenvalue weighted by Gasteiger charge is -2.15. The van der Waals surface area contributed by atoms with E-state index in [-0.39, 0.29) is 24.2 Å². The average molecular weight is 347 g/mol. The van der Waals surface area contributed by atoms with Gasteiger partial charge < -0.3 is 4.90 Å². The third-order valence-electron chi connectivity index (χ3n) is 4.89. The number of carbonyl (C=O) groups excluding carboxylic acids is 2. The molecule has 4 rings (SSSR count). The summed E-state index contributed by atoms with van der Waals surface area (Å²) < 4.78 is 0. The van der Waals surface area contributed by atoms with Gasteiger partial charge in [-0.3, -0.25) is 9.59 Å². The Labute approximate surface area is 152 Å². The van der Waals surface area contributed by atoms with Crippen LogP contribution in [0.5, 0.6) is 0 Å². The highest BCUT2D eigenvalue weighted by molar-refractivity contribution is 6.13. The van der Waals surface area contributed by atoms with E-state index in [1.54, 1.807) is 0 Å². The molecule has 2 aromatic rings. The summed E-state index contributed by atoms with van der Waals surface area (Å²) in [5.74, 6) is -0.423. The normalized spacial score (nSPS) is 19.3. The molecule has 1 heterocycles. The van der Waals surface area contributed by atoms with Gasteiger partial charge in [-0.25, -0.2) is 5.43 Å². The van der Waals surface area contributed by atoms with Gasteiger partial charge in [0.25, 0.3) is 0 Å². The van der Waals surface area contributed by atoms with E-state index in [1.807, 2.05) is 65.6 Å². The molecule has 5 nitrogen and oxygen atoms in total. The minimum absolute atomic E-state index is 0.0861. The van der Waals surface area contributed by atoms with E-state index in [4.69, 9.17) is 0 Å². The number of hydrogen-bond acceptors (Lipinski definition) is 3. The van der Waals surface area contributed by atoms with E-state index in [9.17, 15) is 9.59 Å². The summed E-state index contributed by atoms with van der Waals surface area (Å²) in [6, 6.07) is 19.9. The van der Waals surface area contributed by atoms with Gasteiger partial charge >= 0.3 is 0 Å². The second-order valence-electron chi connectivity index (χ2n) is 6.85. The van der Waals surface area contributed by atoms with Gasteiger partial charge in [0.2, 0.25) is 11.8 Å². The molecular weight excluding hydrogens is 326 g/mol. The maximum Gasteiger partial charge on any atom is 0.245 e. The largest absolute Gasteiger partial charge is 0.339 e. The fourth-order valence-electron chi connectivity index (χ4n) is 3.34. The molecular formula is C21H21N3O2. The topological polar surface area (TPSA) is 61.8 Å². The van der Waals surface area contributed by atoms with Gasteiger partial charge in [0.15, 0.2) is 0 Å². The first-order valence-electron chi connectivity index (χ1n) is 9.00. The molecule has 1 atom stereocenters. The second kappa shape index (κ2) is 7.12. The Balaban J connectivity index is 1.52. The van der Waals surface area contributed by atoms with Crippen LogP contribution in [-0.4, -0.2) is 35.0 Å². The van der Waals surface area contributed by atoms with Gasteiger partial charge in [0.05, 0.1) is 11.6 Å². The van der Waals surface area contributed by atoms with Crippen LogP contribution in [0.1, 0.15) is 30.4 Å². The van der Waals surface area contributed by atoms with Crippen LogP contribution in [-0.2, 0) is 9.59 Å². The van der Waals surface area contributed by atoms with Crippen LogP contribution in [0.25, 0.3) is 0 Å². The van der Waals surface area contributed by atoms with Crippen molar-refractivity contribution in [2.45, 2.75) is 25.3 Å². The Morgan fingerprint density at radius 2 is 1.54 bits per heavy atom. The molecule has 0 bridgehead atoms. The molecule has 0 spiro atoms. The summed E-state index contributed by atoms with van der Waals surface area (Å²) in [5.41, 5.74) is 5.27. The summed E-state index contributed by atoms with van der Waals surface area (Å²) in [5, 5.41) is 4.41. The van der Waals surface area contributed by atoms with E-state index in [2.05, 4.69) is 10.5 Å². The first-order chi connectivity index (χ1) is 12.7. The lowest BCUT2D eigenvalue weighted by molar-refractivity contribution is -0.129. The van der Waals surface area contributed by atoms with Crippen LogP contribution in [0.15, 0.2) is 65.8 Å². The zero-order chi connectivity index (χ0) is 17.9. The first-order valence-corrected chi connectivity index (χ1v) is 9.00. The maximum atomic E-state index is 12.5. The second-order valence-corrected chi connectivity index (χ2v) is 6.85. The Morgan fingerprint density at radius 1 is 0.962 bits per heavy atom. The monoisotopic (exact) mass is 347 g/mol.